The summed E-state index contributed by atoms with van der Waals surface area (Å²) >= 11 is 2.85. The number of nitro groups is 1. The number of ether oxygens (including phenoxy) is 3. The second-order valence-electron chi connectivity index (χ2n) is 9.34. The second kappa shape index (κ2) is 9.60. The number of nitro benzene ring substituents is 1. The fraction of sp³-hybridized carbons (Fsp3) is 0.375. The largest absolute Gasteiger partial charge is 0.514 e. The van der Waals surface area contributed by atoms with Crippen LogP contribution in [0.15, 0.2) is 53.0 Å². The van der Waals surface area contributed by atoms with Crippen LogP contribution >= 0.6 is 23.1 Å². The summed E-state index contributed by atoms with van der Waals surface area (Å²) in [5.74, 6) is -0.596. The SMILES string of the molecule is CC1(C)OC(=O)C2=C(COC(=O)Oc3ccc([N+](=O)[O-])cc3)CS[C@@H]3[C@H](NC(=O)Cc4cccs4)C1(O)N23. The molecule has 14 heteroatoms. The molecule has 0 spiro atoms. The van der Waals surface area contributed by atoms with Crippen molar-refractivity contribution in [3.05, 3.63) is 68.0 Å². The van der Waals surface area contributed by atoms with Gasteiger partial charge in [0, 0.05) is 28.3 Å². The van der Waals surface area contributed by atoms with Crippen molar-refractivity contribution in [2.24, 2.45) is 0 Å². The molecule has 2 aromatic rings. The number of carbonyl (C=O) groups is 3. The summed E-state index contributed by atoms with van der Waals surface area (Å²) in [5.41, 5.74) is -2.72. The van der Waals surface area contributed by atoms with E-state index in [1.165, 1.54) is 52.3 Å². The Morgan fingerprint density at radius 3 is 2.68 bits per heavy atom. The summed E-state index contributed by atoms with van der Waals surface area (Å²) in [5, 5.41) is 26.9. The third-order valence-electron chi connectivity index (χ3n) is 6.62. The third kappa shape index (κ3) is 4.37. The molecule has 5 rings (SSSR count). The molecule has 200 valence electrons. The highest BCUT2D eigenvalue weighted by molar-refractivity contribution is 8.00. The predicted octanol–water partition coefficient (Wildman–Crippen LogP) is 2.57. The molecular formula is C24H23N3O9S2. The van der Waals surface area contributed by atoms with Crippen molar-refractivity contribution in [1.29, 1.82) is 0 Å². The molecular weight excluding hydrogens is 538 g/mol. The molecule has 4 heterocycles. The van der Waals surface area contributed by atoms with Crippen molar-refractivity contribution in [3.63, 3.8) is 0 Å². The first-order valence-corrected chi connectivity index (χ1v) is 13.4. The molecule has 1 aromatic heterocycles. The van der Waals surface area contributed by atoms with Crippen molar-refractivity contribution in [2.75, 3.05) is 12.4 Å². The maximum Gasteiger partial charge on any atom is 0.514 e. The van der Waals surface area contributed by atoms with Gasteiger partial charge in [0.25, 0.3) is 5.69 Å². The lowest BCUT2D eigenvalue weighted by molar-refractivity contribution is -0.384. The Balaban J connectivity index is 1.30. The molecule has 3 aliphatic heterocycles. The number of thiophene rings is 1. The number of thioether (sulfide) groups is 1. The average molecular weight is 562 g/mol. The van der Waals surface area contributed by atoms with E-state index in [0.29, 0.717) is 5.57 Å². The van der Waals surface area contributed by atoms with Gasteiger partial charge in [0.1, 0.15) is 29.5 Å². The van der Waals surface area contributed by atoms with Gasteiger partial charge in [-0.25, -0.2) is 9.59 Å². The zero-order valence-corrected chi connectivity index (χ0v) is 21.9. The van der Waals surface area contributed by atoms with Crippen LogP contribution in [0.1, 0.15) is 18.7 Å². The Labute approximate surface area is 224 Å². The number of morpholine rings is 1. The number of hydrogen-bond acceptors (Lipinski definition) is 12. The van der Waals surface area contributed by atoms with Crippen molar-refractivity contribution in [3.8, 4) is 5.75 Å². The lowest BCUT2D eigenvalue weighted by atomic mass is 9.75. The van der Waals surface area contributed by atoms with Crippen molar-refractivity contribution >= 4 is 46.8 Å². The van der Waals surface area contributed by atoms with Crippen LogP contribution in [0.2, 0.25) is 0 Å². The van der Waals surface area contributed by atoms with Gasteiger partial charge in [-0.3, -0.25) is 14.9 Å². The lowest BCUT2D eigenvalue weighted by Gasteiger charge is -2.69. The summed E-state index contributed by atoms with van der Waals surface area (Å²) in [7, 11) is 0. The van der Waals surface area contributed by atoms with Gasteiger partial charge in [0.05, 0.1) is 11.3 Å². The number of benzene rings is 1. The topological polar surface area (TPSA) is 158 Å². The van der Waals surface area contributed by atoms with Gasteiger partial charge < -0.3 is 29.5 Å². The predicted molar refractivity (Wildman–Crippen MR) is 135 cm³/mol. The summed E-state index contributed by atoms with van der Waals surface area (Å²) in [4.78, 5) is 50.5. The number of nitrogens with one attached hydrogen (secondary N) is 1. The number of rotatable bonds is 7. The molecule has 3 aliphatic rings. The zero-order valence-electron chi connectivity index (χ0n) is 20.2. The Kier molecular flexibility index (Phi) is 6.57. The fourth-order valence-corrected chi connectivity index (χ4v) is 6.91. The number of cyclic esters (lactones) is 1. The maximum atomic E-state index is 13.0. The first-order valence-electron chi connectivity index (χ1n) is 11.5. The standard InChI is InChI=1S/C24H23N3O9S2/c1-23(2)24(31)19(25-17(28)10-16-4-3-9-37-16)20-26(24)18(21(29)36-23)13(12-38-20)11-34-22(30)35-15-7-5-14(6-8-15)27(32)33/h3-9,19-20,31H,10-12H2,1-2H3,(H,25,28)/t19-,20+,24?/m0/s1. The molecule has 1 unspecified atom stereocenters. The first-order chi connectivity index (χ1) is 18.0. The van der Waals surface area contributed by atoms with E-state index in [1.54, 1.807) is 13.8 Å². The van der Waals surface area contributed by atoms with E-state index in [-0.39, 0.29) is 41.8 Å². The van der Waals surface area contributed by atoms with Crippen LogP contribution in [0.3, 0.4) is 0 Å². The van der Waals surface area contributed by atoms with Gasteiger partial charge >= 0.3 is 12.1 Å². The Morgan fingerprint density at radius 1 is 1.29 bits per heavy atom. The van der Waals surface area contributed by atoms with Crippen LogP contribution in [0, 0.1) is 10.1 Å². The maximum absolute atomic E-state index is 13.0. The number of nitrogens with zero attached hydrogens (tertiary/aromatic N) is 2. The van der Waals surface area contributed by atoms with E-state index < -0.39 is 39.8 Å². The number of esters is 1. The van der Waals surface area contributed by atoms with E-state index in [4.69, 9.17) is 14.2 Å². The number of amides is 1. The number of carbonyl (C=O) groups excluding carboxylic acids is 3. The van der Waals surface area contributed by atoms with E-state index in [0.717, 1.165) is 4.88 Å². The molecule has 0 aliphatic carbocycles. The van der Waals surface area contributed by atoms with Crippen LogP contribution in [0.25, 0.3) is 0 Å². The minimum atomic E-state index is -1.72. The van der Waals surface area contributed by atoms with Crippen molar-refractivity contribution < 1.29 is 38.6 Å². The quantitative estimate of drug-likeness (QED) is 0.222. The summed E-state index contributed by atoms with van der Waals surface area (Å²) in [6, 6.07) is 7.89. The number of hydrogen-bond donors (Lipinski definition) is 2. The molecule has 2 fully saturated rings. The van der Waals surface area contributed by atoms with Crippen molar-refractivity contribution in [1.82, 2.24) is 10.2 Å². The van der Waals surface area contributed by atoms with Crippen molar-refractivity contribution in [2.45, 2.75) is 43.0 Å². The summed E-state index contributed by atoms with van der Waals surface area (Å²) in [6.45, 7) is 2.85. The molecule has 1 amide bonds. The lowest BCUT2D eigenvalue weighted by Crippen LogP contribution is -2.89. The van der Waals surface area contributed by atoms with Gasteiger partial charge in [0.15, 0.2) is 5.60 Å². The first kappa shape index (κ1) is 26.0. The molecule has 38 heavy (non-hydrogen) atoms. The van der Waals surface area contributed by atoms with Gasteiger partial charge in [-0.15, -0.1) is 23.1 Å². The van der Waals surface area contributed by atoms with Crippen LogP contribution in [0.4, 0.5) is 10.5 Å². The van der Waals surface area contributed by atoms with Gasteiger partial charge in [-0.05, 0) is 37.4 Å². The number of non-ortho nitro benzene ring substituents is 1. The highest BCUT2D eigenvalue weighted by atomic mass is 32.2. The molecule has 12 nitrogen and oxygen atoms in total. The smallest absolute Gasteiger partial charge is 0.450 e. The minimum Gasteiger partial charge on any atom is -0.450 e. The molecule has 0 saturated carbocycles. The minimum absolute atomic E-state index is 0.0495. The molecule has 2 saturated heterocycles. The molecule has 0 bridgehead atoms. The summed E-state index contributed by atoms with van der Waals surface area (Å²) in [6.07, 6.45) is -0.901. The molecule has 2 N–H and O–H groups in total. The molecule has 1 aromatic carbocycles. The van der Waals surface area contributed by atoms with E-state index in [1.807, 2.05) is 17.5 Å². The summed E-state index contributed by atoms with van der Waals surface area (Å²) < 4.78 is 15.8. The average Bonchev–Trinajstić information content (AvgIpc) is 3.37. The van der Waals surface area contributed by atoms with E-state index in [2.05, 4.69) is 5.32 Å². The van der Waals surface area contributed by atoms with Crippen LogP contribution < -0.4 is 10.1 Å². The Bertz CT molecular complexity index is 1330. The number of aliphatic hydroxyl groups is 1. The third-order valence-corrected chi connectivity index (χ3v) is 8.83. The second-order valence-corrected chi connectivity index (χ2v) is 11.5. The molecule has 0 radical (unpaired) electrons. The van der Waals surface area contributed by atoms with Crippen LogP contribution in [0.5, 0.6) is 5.75 Å². The van der Waals surface area contributed by atoms with E-state index in [9.17, 15) is 29.6 Å². The normalized spacial score (nSPS) is 25.0. The van der Waals surface area contributed by atoms with Gasteiger partial charge in [-0.1, -0.05) is 6.07 Å². The Morgan fingerprint density at radius 2 is 2.03 bits per heavy atom. The fourth-order valence-electron chi connectivity index (χ4n) is 4.75. The van der Waals surface area contributed by atoms with Gasteiger partial charge in [0.2, 0.25) is 11.6 Å². The van der Waals surface area contributed by atoms with Gasteiger partial charge in [-0.2, -0.15) is 0 Å². The van der Waals surface area contributed by atoms with Crippen LogP contribution in [-0.4, -0.2) is 68.1 Å². The van der Waals surface area contributed by atoms with Crippen LogP contribution in [-0.2, 0) is 25.5 Å². The molecule has 3 atom stereocenters. The Hall–Kier alpha value is -3.62. The zero-order chi connectivity index (χ0) is 27.2. The highest BCUT2D eigenvalue weighted by Gasteiger charge is 2.74. The highest BCUT2D eigenvalue weighted by Crippen LogP contribution is 2.56. The monoisotopic (exact) mass is 561 g/mol. The van der Waals surface area contributed by atoms with E-state index >= 15 is 0 Å².